The highest BCUT2D eigenvalue weighted by atomic mass is 16.5. The Hall–Kier alpha value is -1.57. The molecule has 1 saturated heterocycles. The van der Waals surface area contributed by atoms with E-state index in [1.165, 1.54) is 0 Å². The van der Waals surface area contributed by atoms with Crippen LogP contribution < -0.4 is 10.1 Å². The van der Waals surface area contributed by atoms with Gasteiger partial charge in [-0.05, 0) is 18.2 Å². The third-order valence-electron chi connectivity index (χ3n) is 2.63. The Morgan fingerprint density at radius 1 is 1.50 bits per heavy atom. The molecule has 2 rings (SSSR count). The molecular weight excluding hydrogens is 204 g/mol. The molecule has 16 heavy (non-hydrogen) atoms. The van der Waals surface area contributed by atoms with Gasteiger partial charge in [0.25, 0.3) is 0 Å². The molecule has 0 bridgehead atoms. The molecular formula is C12H14N2O2. The molecule has 0 aliphatic carbocycles. The summed E-state index contributed by atoms with van der Waals surface area (Å²) in [6.45, 7) is 2.30. The zero-order valence-electron chi connectivity index (χ0n) is 9.19. The van der Waals surface area contributed by atoms with Crippen LogP contribution in [0.15, 0.2) is 18.2 Å². The third kappa shape index (κ3) is 2.32. The lowest BCUT2D eigenvalue weighted by Gasteiger charge is -2.27. The van der Waals surface area contributed by atoms with Crippen molar-refractivity contribution in [3.05, 3.63) is 29.3 Å². The number of benzene rings is 1. The van der Waals surface area contributed by atoms with Crippen LogP contribution >= 0.6 is 0 Å². The monoisotopic (exact) mass is 218 g/mol. The molecule has 1 heterocycles. The standard InChI is InChI=1S/C12H14N2O2/c1-15-12-3-2-9(5-13)4-10(12)8-16-11-6-14-7-11/h2-4,11,14H,6-8H2,1H3. The maximum Gasteiger partial charge on any atom is 0.124 e. The van der Waals surface area contributed by atoms with Gasteiger partial charge in [0.1, 0.15) is 5.75 Å². The van der Waals surface area contributed by atoms with Crippen molar-refractivity contribution in [2.45, 2.75) is 12.7 Å². The summed E-state index contributed by atoms with van der Waals surface area (Å²) in [6, 6.07) is 7.47. The third-order valence-corrected chi connectivity index (χ3v) is 2.63. The van der Waals surface area contributed by atoms with Gasteiger partial charge < -0.3 is 14.8 Å². The zero-order chi connectivity index (χ0) is 11.4. The van der Waals surface area contributed by atoms with Gasteiger partial charge in [0.15, 0.2) is 0 Å². The lowest BCUT2D eigenvalue weighted by atomic mass is 10.1. The van der Waals surface area contributed by atoms with Crippen LogP contribution in [0.25, 0.3) is 0 Å². The van der Waals surface area contributed by atoms with Gasteiger partial charge in [-0.25, -0.2) is 0 Å². The van der Waals surface area contributed by atoms with E-state index in [9.17, 15) is 0 Å². The molecule has 4 nitrogen and oxygen atoms in total. The summed E-state index contributed by atoms with van der Waals surface area (Å²) >= 11 is 0. The highest BCUT2D eigenvalue weighted by Gasteiger charge is 2.17. The maximum absolute atomic E-state index is 8.82. The highest BCUT2D eigenvalue weighted by Crippen LogP contribution is 2.21. The second-order valence-corrected chi connectivity index (χ2v) is 3.73. The molecule has 0 aromatic heterocycles. The first kappa shape index (κ1) is 10.9. The second-order valence-electron chi connectivity index (χ2n) is 3.73. The van der Waals surface area contributed by atoms with Crippen molar-refractivity contribution in [1.82, 2.24) is 5.32 Å². The summed E-state index contributed by atoms with van der Waals surface area (Å²) in [5.74, 6) is 0.770. The number of nitriles is 1. The smallest absolute Gasteiger partial charge is 0.124 e. The Morgan fingerprint density at radius 3 is 2.88 bits per heavy atom. The number of methoxy groups -OCH3 is 1. The van der Waals surface area contributed by atoms with E-state index in [-0.39, 0.29) is 6.10 Å². The van der Waals surface area contributed by atoms with Crippen LogP contribution in [0.5, 0.6) is 5.75 Å². The van der Waals surface area contributed by atoms with E-state index in [1.807, 2.05) is 6.07 Å². The fraction of sp³-hybridized carbons (Fsp3) is 0.417. The summed E-state index contributed by atoms with van der Waals surface area (Å²) in [4.78, 5) is 0. The predicted molar refractivity (Wildman–Crippen MR) is 59.2 cm³/mol. The molecule has 1 aliphatic rings. The molecule has 0 radical (unpaired) electrons. The molecule has 1 aromatic carbocycles. The largest absolute Gasteiger partial charge is 0.496 e. The summed E-state index contributed by atoms with van der Waals surface area (Å²) < 4.78 is 10.9. The van der Waals surface area contributed by atoms with Crippen molar-refractivity contribution in [2.75, 3.05) is 20.2 Å². The molecule has 1 aliphatic heterocycles. The Kier molecular flexibility index (Phi) is 3.40. The lowest BCUT2D eigenvalue weighted by Crippen LogP contribution is -2.48. The van der Waals surface area contributed by atoms with Crippen LogP contribution in [0, 0.1) is 11.3 Å². The number of nitrogens with zero attached hydrogens (tertiary/aromatic N) is 1. The predicted octanol–water partition coefficient (Wildman–Crippen LogP) is 1.06. The van der Waals surface area contributed by atoms with Gasteiger partial charge in [0.05, 0.1) is 31.5 Å². The van der Waals surface area contributed by atoms with Crippen molar-refractivity contribution < 1.29 is 9.47 Å². The van der Waals surface area contributed by atoms with Gasteiger partial charge >= 0.3 is 0 Å². The van der Waals surface area contributed by atoms with Crippen LogP contribution in [-0.4, -0.2) is 26.3 Å². The molecule has 0 amide bonds. The van der Waals surface area contributed by atoms with E-state index in [0.717, 1.165) is 24.4 Å². The Balaban J connectivity index is 2.06. The van der Waals surface area contributed by atoms with E-state index in [0.29, 0.717) is 12.2 Å². The van der Waals surface area contributed by atoms with Crippen molar-refractivity contribution in [2.24, 2.45) is 0 Å². The Morgan fingerprint density at radius 2 is 2.31 bits per heavy atom. The molecule has 0 spiro atoms. The Bertz CT molecular complexity index is 408. The first-order valence-corrected chi connectivity index (χ1v) is 5.23. The van der Waals surface area contributed by atoms with E-state index in [2.05, 4.69) is 11.4 Å². The van der Waals surface area contributed by atoms with Crippen LogP contribution in [0.4, 0.5) is 0 Å². The fourth-order valence-electron chi connectivity index (χ4n) is 1.55. The van der Waals surface area contributed by atoms with Gasteiger partial charge in [0, 0.05) is 18.7 Å². The molecule has 84 valence electrons. The molecule has 1 fully saturated rings. The van der Waals surface area contributed by atoms with Gasteiger partial charge in [-0.1, -0.05) is 0 Å². The summed E-state index contributed by atoms with van der Waals surface area (Å²) in [7, 11) is 1.62. The van der Waals surface area contributed by atoms with Crippen molar-refractivity contribution in [1.29, 1.82) is 5.26 Å². The number of hydrogen-bond acceptors (Lipinski definition) is 4. The highest BCUT2D eigenvalue weighted by molar-refractivity contribution is 5.41. The van der Waals surface area contributed by atoms with Crippen molar-refractivity contribution in [3.63, 3.8) is 0 Å². The molecule has 4 heteroatoms. The van der Waals surface area contributed by atoms with E-state index < -0.39 is 0 Å². The van der Waals surface area contributed by atoms with Crippen LogP contribution in [0.2, 0.25) is 0 Å². The van der Waals surface area contributed by atoms with Crippen LogP contribution in [0.1, 0.15) is 11.1 Å². The van der Waals surface area contributed by atoms with Gasteiger partial charge in [-0.3, -0.25) is 0 Å². The van der Waals surface area contributed by atoms with Crippen molar-refractivity contribution >= 4 is 0 Å². The molecule has 0 atom stereocenters. The van der Waals surface area contributed by atoms with E-state index in [1.54, 1.807) is 19.2 Å². The number of hydrogen-bond donors (Lipinski definition) is 1. The number of rotatable bonds is 4. The zero-order valence-corrected chi connectivity index (χ0v) is 9.19. The average Bonchev–Trinajstić information content (AvgIpc) is 2.26. The van der Waals surface area contributed by atoms with Crippen LogP contribution in [0.3, 0.4) is 0 Å². The average molecular weight is 218 g/mol. The van der Waals surface area contributed by atoms with Gasteiger partial charge in [-0.15, -0.1) is 0 Å². The molecule has 0 unspecified atom stereocenters. The van der Waals surface area contributed by atoms with Gasteiger partial charge in [0.2, 0.25) is 0 Å². The quantitative estimate of drug-likeness (QED) is 0.821. The SMILES string of the molecule is COc1ccc(C#N)cc1COC1CNC1. The fourth-order valence-corrected chi connectivity index (χ4v) is 1.55. The van der Waals surface area contributed by atoms with E-state index >= 15 is 0 Å². The Labute approximate surface area is 94.8 Å². The minimum absolute atomic E-state index is 0.287. The minimum Gasteiger partial charge on any atom is -0.496 e. The summed E-state index contributed by atoms with van der Waals surface area (Å²) in [6.07, 6.45) is 0.287. The normalized spacial score (nSPS) is 15.2. The van der Waals surface area contributed by atoms with Crippen molar-refractivity contribution in [3.8, 4) is 11.8 Å². The molecule has 1 aromatic rings. The lowest BCUT2D eigenvalue weighted by molar-refractivity contribution is 0.00681. The topological polar surface area (TPSA) is 54.3 Å². The molecule has 1 N–H and O–H groups in total. The number of ether oxygens (including phenoxy) is 2. The first-order valence-electron chi connectivity index (χ1n) is 5.23. The number of nitrogens with one attached hydrogen (secondary N) is 1. The first-order chi connectivity index (χ1) is 7.83. The summed E-state index contributed by atoms with van der Waals surface area (Å²) in [5.41, 5.74) is 1.56. The van der Waals surface area contributed by atoms with E-state index in [4.69, 9.17) is 14.7 Å². The minimum atomic E-state index is 0.287. The van der Waals surface area contributed by atoms with Gasteiger partial charge in [-0.2, -0.15) is 5.26 Å². The summed E-state index contributed by atoms with van der Waals surface area (Å²) in [5, 5.41) is 12.0. The maximum atomic E-state index is 8.82. The van der Waals surface area contributed by atoms with Crippen LogP contribution in [-0.2, 0) is 11.3 Å². The second kappa shape index (κ2) is 4.97. The molecule has 0 saturated carbocycles.